The van der Waals surface area contributed by atoms with Gasteiger partial charge in [-0.1, -0.05) is 24.0 Å². The molecule has 0 saturated carbocycles. The van der Waals surface area contributed by atoms with Crippen LogP contribution < -0.4 is 14.8 Å². The van der Waals surface area contributed by atoms with Gasteiger partial charge in [0.2, 0.25) is 0 Å². The van der Waals surface area contributed by atoms with Crippen LogP contribution in [0.25, 0.3) is 0 Å². The molecule has 0 spiro atoms. The van der Waals surface area contributed by atoms with Gasteiger partial charge in [0.1, 0.15) is 12.2 Å². The number of carbonyl (C=O) groups excluding carboxylic acids is 1. The van der Waals surface area contributed by atoms with Crippen molar-refractivity contribution >= 4 is 11.6 Å². The number of hydrogen-bond donors (Lipinski definition) is 1. The molecular formula is C21H20N2O5. The first-order chi connectivity index (χ1) is 13.4. The number of hydrogen-bond acceptors (Lipinski definition) is 5. The van der Waals surface area contributed by atoms with E-state index in [1.165, 1.54) is 24.3 Å². The largest absolute Gasteiger partial charge is 0.483 e. The molecule has 0 unspecified atom stereocenters. The van der Waals surface area contributed by atoms with Crippen LogP contribution in [0.4, 0.5) is 5.69 Å². The van der Waals surface area contributed by atoms with Crippen LogP contribution in [-0.4, -0.2) is 29.6 Å². The number of rotatable bonds is 5. The minimum Gasteiger partial charge on any atom is -0.483 e. The van der Waals surface area contributed by atoms with Gasteiger partial charge in [0.05, 0.1) is 11.5 Å². The van der Waals surface area contributed by atoms with Gasteiger partial charge in [-0.3, -0.25) is 14.9 Å². The Morgan fingerprint density at radius 2 is 2.00 bits per heavy atom. The highest BCUT2D eigenvalue weighted by Crippen LogP contribution is 2.41. The van der Waals surface area contributed by atoms with E-state index in [4.69, 9.17) is 9.47 Å². The van der Waals surface area contributed by atoms with Crippen molar-refractivity contribution in [2.24, 2.45) is 0 Å². The molecule has 144 valence electrons. The number of ether oxygens (including phenoxy) is 2. The summed E-state index contributed by atoms with van der Waals surface area (Å²) in [5.74, 6) is 6.74. The molecule has 7 heteroatoms. The number of non-ortho nitro benzene ring substituents is 1. The summed E-state index contributed by atoms with van der Waals surface area (Å²) in [7, 11) is 0. The van der Waals surface area contributed by atoms with Crippen molar-refractivity contribution in [3.8, 4) is 23.3 Å². The zero-order chi connectivity index (χ0) is 20.1. The van der Waals surface area contributed by atoms with E-state index >= 15 is 0 Å². The number of nitrogens with zero attached hydrogens (tertiary/aromatic N) is 1. The normalized spacial score (nSPS) is 13.5. The molecule has 0 aliphatic carbocycles. The smallest absolute Gasteiger partial charge is 0.269 e. The molecule has 1 heterocycles. The van der Waals surface area contributed by atoms with Crippen LogP contribution in [0.15, 0.2) is 42.5 Å². The van der Waals surface area contributed by atoms with Crippen molar-refractivity contribution < 1.29 is 19.2 Å². The molecule has 28 heavy (non-hydrogen) atoms. The predicted octanol–water partition coefficient (Wildman–Crippen LogP) is 3.12. The lowest BCUT2D eigenvalue weighted by atomic mass is 10.0. The highest BCUT2D eigenvalue weighted by molar-refractivity contribution is 5.94. The first-order valence-corrected chi connectivity index (χ1v) is 8.78. The van der Waals surface area contributed by atoms with Crippen LogP contribution in [0.1, 0.15) is 29.8 Å². The van der Waals surface area contributed by atoms with E-state index in [9.17, 15) is 14.9 Å². The van der Waals surface area contributed by atoms with Crippen LogP contribution in [0.2, 0.25) is 0 Å². The van der Waals surface area contributed by atoms with E-state index < -0.39 is 4.92 Å². The second-order valence-electron chi connectivity index (χ2n) is 6.91. The number of nitrogens with one attached hydrogen (secondary N) is 1. The summed E-state index contributed by atoms with van der Waals surface area (Å²) in [5, 5.41) is 13.3. The van der Waals surface area contributed by atoms with Crippen molar-refractivity contribution in [2.45, 2.75) is 25.9 Å². The fourth-order valence-corrected chi connectivity index (χ4v) is 2.89. The van der Waals surface area contributed by atoms with Gasteiger partial charge >= 0.3 is 0 Å². The average molecular weight is 380 g/mol. The van der Waals surface area contributed by atoms with Gasteiger partial charge in [0.25, 0.3) is 11.6 Å². The predicted molar refractivity (Wildman–Crippen MR) is 104 cm³/mol. The Bertz CT molecular complexity index is 955. The van der Waals surface area contributed by atoms with Crippen molar-refractivity contribution in [3.63, 3.8) is 0 Å². The minimum absolute atomic E-state index is 0.0618. The Balaban J connectivity index is 1.47. The van der Waals surface area contributed by atoms with Crippen LogP contribution in [-0.2, 0) is 6.42 Å². The minimum atomic E-state index is -0.513. The van der Waals surface area contributed by atoms with Gasteiger partial charge in [-0.2, -0.15) is 0 Å². The van der Waals surface area contributed by atoms with Crippen molar-refractivity contribution in [2.75, 3.05) is 13.2 Å². The Labute approximate surface area is 162 Å². The first-order valence-electron chi connectivity index (χ1n) is 8.78. The topological polar surface area (TPSA) is 90.7 Å². The molecule has 2 aromatic carbocycles. The third-order valence-corrected chi connectivity index (χ3v) is 4.16. The molecule has 1 N–H and O–H groups in total. The number of fused-ring (bicyclic) bond motifs is 1. The highest BCUT2D eigenvalue weighted by atomic mass is 16.6. The highest BCUT2D eigenvalue weighted by Gasteiger charge is 2.32. The zero-order valence-electron chi connectivity index (χ0n) is 15.7. The summed E-state index contributed by atoms with van der Waals surface area (Å²) in [4.78, 5) is 22.1. The molecular weight excluding hydrogens is 360 g/mol. The third-order valence-electron chi connectivity index (χ3n) is 4.16. The van der Waals surface area contributed by atoms with Gasteiger partial charge in [0, 0.05) is 29.7 Å². The van der Waals surface area contributed by atoms with E-state index in [1.54, 1.807) is 0 Å². The Hall–Kier alpha value is -3.53. The average Bonchev–Trinajstić information content (AvgIpc) is 2.99. The van der Waals surface area contributed by atoms with E-state index in [0.29, 0.717) is 11.3 Å². The number of para-hydroxylation sites is 1. The fourth-order valence-electron chi connectivity index (χ4n) is 2.89. The summed E-state index contributed by atoms with van der Waals surface area (Å²) in [6.07, 6.45) is 0.833. The molecule has 7 nitrogen and oxygen atoms in total. The Morgan fingerprint density at radius 3 is 2.71 bits per heavy atom. The lowest BCUT2D eigenvalue weighted by Gasteiger charge is -2.17. The Morgan fingerprint density at radius 1 is 1.25 bits per heavy atom. The SMILES string of the molecule is CC1(C)Cc2cccc(OCC#CCNC(=O)c3ccc([N+](=O)[O-])cc3)c2O1. The standard InChI is InChI=1S/C21H20N2O5/c1-21(2)14-16-6-5-7-18(19(16)28-21)27-13-4-3-12-22-20(24)15-8-10-17(11-9-15)23(25)26/h5-11H,12-14H2,1-2H3,(H,22,24). The number of benzene rings is 2. The molecule has 0 atom stereocenters. The molecule has 0 radical (unpaired) electrons. The van der Waals surface area contributed by atoms with Crippen molar-refractivity contribution in [3.05, 3.63) is 63.7 Å². The quantitative estimate of drug-likeness (QED) is 0.489. The van der Waals surface area contributed by atoms with Crippen LogP contribution in [0.3, 0.4) is 0 Å². The van der Waals surface area contributed by atoms with Gasteiger partial charge in [0.15, 0.2) is 11.5 Å². The fraction of sp³-hybridized carbons (Fsp3) is 0.286. The lowest BCUT2D eigenvalue weighted by molar-refractivity contribution is -0.384. The molecule has 0 fully saturated rings. The summed E-state index contributed by atoms with van der Waals surface area (Å²) >= 11 is 0. The first kappa shape index (κ1) is 19.2. The molecule has 0 bridgehead atoms. The van der Waals surface area contributed by atoms with Crippen molar-refractivity contribution in [1.29, 1.82) is 0 Å². The van der Waals surface area contributed by atoms with Crippen LogP contribution >= 0.6 is 0 Å². The summed E-state index contributed by atoms with van der Waals surface area (Å²) in [6, 6.07) is 11.2. The second kappa shape index (κ2) is 8.01. The van der Waals surface area contributed by atoms with Gasteiger partial charge in [-0.15, -0.1) is 0 Å². The monoisotopic (exact) mass is 380 g/mol. The molecule has 1 aliphatic heterocycles. The van der Waals surface area contributed by atoms with Gasteiger partial charge in [-0.05, 0) is 32.0 Å². The van der Waals surface area contributed by atoms with Crippen molar-refractivity contribution in [1.82, 2.24) is 5.32 Å². The second-order valence-corrected chi connectivity index (χ2v) is 6.91. The van der Waals surface area contributed by atoms with E-state index in [0.717, 1.165) is 17.7 Å². The number of amides is 1. The lowest BCUT2D eigenvalue weighted by Crippen LogP contribution is -2.24. The van der Waals surface area contributed by atoms with Crippen LogP contribution in [0.5, 0.6) is 11.5 Å². The van der Waals surface area contributed by atoms with Crippen LogP contribution in [0, 0.1) is 22.0 Å². The summed E-state index contributed by atoms with van der Waals surface area (Å²) in [5.41, 5.74) is 1.15. The maximum absolute atomic E-state index is 12.0. The molecule has 0 aromatic heterocycles. The molecule has 2 aromatic rings. The number of nitro groups is 1. The maximum Gasteiger partial charge on any atom is 0.269 e. The summed E-state index contributed by atoms with van der Waals surface area (Å²) < 4.78 is 11.6. The molecule has 0 saturated heterocycles. The Kier molecular flexibility index (Phi) is 5.50. The van der Waals surface area contributed by atoms with E-state index in [-0.39, 0.29) is 30.3 Å². The molecule has 1 aliphatic rings. The maximum atomic E-state index is 12.0. The number of carbonyl (C=O) groups is 1. The number of nitro benzene ring substituents is 1. The molecule has 1 amide bonds. The third kappa shape index (κ3) is 4.60. The zero-order valence-corrected chi connectivity index (χ0v) is 15.7. The van der Waals surface area contributed by atoms with Gasteiger partial charge in [-0.25, -0.2) is 0 Å². The van der Waals surface area contributed by atoms with E-state index in [1.807, 2.05) is 32.0 Å². The van der Waals surface area contributed by atoms with Gasteiger partial charge < -0.3 is 14.8 Å². The van der Waals surface area contributed by atoms with E-state index in [2.05, 4.69) is 17.2 Å². The molecule has 3 rings (SSSR count). The summed E-state index contributed by atoms with van der Waals surface area (Å²) in [6.45, 7) is 4.39.